The summed E-state index contributed by atoms with van der Waals surface area (Å²) in [5, 5.41) is 28.3. The summed E-state index contributed by atoms with van der Waals surface area (Å²) >= 11 is 0. The van der Waals surface area contributed by atoms with Crippen LogP contribution in [0.3, 0.4) is 0 Å². The summed E-state index contributed by atoms with van der Waals surface area (Å²) in [4.78, 5) is 10.5. The lowest BCUT2D eigenvalue weighted by Gasteiger charge is -2.09. The molecule has 0 saturated heterocycles. The van der Waals surface area contributed by atoms with Gasteiger partial charge in [-0.05, 0) is 25.3 Å². The van der Waals surface area contributed by atoms with Crippen LogP contribution < -0.4 is 0 Å². The molecular weight excluding hydrogens is 260 g/mol. The standard InChI is InChI=1S/C13H14N4O3/c1-8-2-3-10(17(19)20)6-11(8)13-15-14-12(7-18)16(13)9-4-5-9/h2-3,6,9,18H,4-5,7H2,1H3. The van der Waals surface area contributed by atoms with E-state index in [1.807, 2.05) is 11.5 Å². The van der Waals surface area contributed by atoms with Crippen LogP contribution in [0.1, 0.15) is 30.3 Å². The second-order valence-electron chi connectivity index (χ2n) is 4.96. The first-order valence-electron chi connectivity index (χ1n) is 6.42. The molecule has 1 aliphatic carbocycles. The Balaban J connectivity index is 2.15. The average Bonchev–Trinajstić information content (AvgIpc) is 3.18. The fourth-order valence-corrected chi connectivity index (χ4v) is 2.30. The predicted octanol–water partition coefficient (Wildman–Crippen LogP) is 1.99. The van der Waals surface area contributed by atoms with Crippen molar-refractivity contribution in [2.24, 2.45) is 0 Å². The van der Waals surface area contributed by atoms with E-state index in [0.29, 0.717) is 23.3 Å². The Labute approximate surface area is 115 Å². The monoisotopic (exact) mass is 274 g/mol. The van der Waals surface area contributed by atoms with Gasteiger partial charge in [-0.25, -0.2) is 0 Å². The molecule has 2 aromatic rings. The number of nitrogens with zero attached hydrogens (tertiary/aromatic N) is 4. The molecule has 20 heavy (non-hydrogen) atoms. The van der Waals surface area contributed by atoms with Crippen LogP contribution in [0.25, 0.3) is 11.4 Å². The van der Waals surface area contributed by atoms with Crippen molar-refractivity contribution in [3.8, 4) is 11.4 Å². The molecule has 0 unspecified atom stereocenters. The zero-order valence-electron chi connectivity index (χ0n) is 11.0. The Morgan fingerprint density at radius 2 is 2.20 bits per heavy atom. The molecule has 1 aliphatic rings. The first kappa shape index (κ1) is 12.7. The molecule has 1 heterocycles. The highest BCUT2D eigenvalue weighted by Gasteiger charge is 2.30. The van der Waals surface area contributed by atoms with Gasteiger partial charge in [-0.2, -0.15) is 0 Å². The molecule has 0 atom stereocenters. The van der Waals surface area contributed by atoms with E-state index in [0.717, 1.165) is 18.4 Å². The van der Waals surface area contributed by atoms with Crippen molar-refractivity contribution in [2.75, 3.05) is 0 Å². The first-order chi connectivity index (χ1) is 9.61. The minimum atomic E-state index is -0.423. The van der Waals surface area contributed by atoms with Gasteiger partial charge in [-0.1, -0.05) is 6.07 Å². The van der Waals surface area contributed by atoms with E-state index in [1.165, 1.54) is 12.1 Å². The topological polar surface area (TPSA) is 94.1 Å². The molecule has 0 bridgehead atoms. The van der Waals surface area contributed by atoms with Gasteiger partial charge in [0.25, 0.3) is 5.69 Å². The van der Waals surface area contributed by atoms with Crippen molar-refractivity contribution in [3.05, 3.63) is 39.7 Å². The van der Waals surface area contributed by atoms with Crippen LogP contribution in [-0.2, 0) is 6.61 Å². The molecule has 0 aliphatic heterocycles. The molecular formula is C13H14N4O3. The number of aliphatic hydroxyl groups excluding tert-OH is 1. The largest absolute Gasteiger partial charge is 0.388 e. The quantitative estimate of drug-likeness (QED) is 0.679. The van der Waals surface area contributed by atoms with E-state index in [-0.39, 0.29) is 12.3 Å². The van der Waals surface area contributed by atoms with Crippen LogP contribution in [-0.4, -0.2) is 24.8 Å². The third-order valence-electron chi connectivity index (χ3n) is 3.49. The molecule has 7 nitrogen and oxygen atoms in total. The Morgan fingerprint density at radius 3 is 2.80 bits per heavy atom. The van der Waals surface area contributed by atoms with Gasteiger partial charge in [-0.3, -0.25) is 10.1 Å². The molecule has 0 spiro atoms. The number of hydrogen-bond acceptors (Lipinski definition) is 5. The Hall–Kier alpha value is -2.28. The zero-order chi connectivity index (χ0) is 14.3. The Kier molecular flexibility index (Phi) is 2.98. The third kappa shape index (κ3) is 2.05. The number of rotatable bonds is 4. The number of aliphatic hydroxyl groups is 1. The zero-order valence-corrected chi connectivity index (χ0v) is 11.0. The summed E-state index contributed by atoms with van der Waals surface area (Å²) in [6.45, 7) is 1.70. The molecule has 1 saturated carbocycles. The lowest BCUT2D eigenvalue weighted by Crippen LogP contribution is -2.04. The first-order valence-corrected chi connectivity index (χ1v) is 6.42. The van der Waals surface area contributed by atoms with Crippen molar-refractivity contribution in [3.63, 3.8) is 0 Å². The number of non-ortho nitro benzene ring substituents is 1. The van der Waals surface area contributed by atoms with E-state index in [4.69, 9.17) is 0 Å². The maximum Gasteiger partial charge on any atom is 0.270 e. The van der Waals surface area contributed by atoms with E-state index >= 15 is 0 Å². The second-order valence-corrected chi connectivity index (χ2v) is 4.96. The van der Waals surface area contributed by atoms with E-state index in [1.54, 1.807) is 6.07 Å². The fraction of sp³-hybridized carbons (Fsp3) is 0.385. The van der Waals surface area contributed by atoms with Crippen molar-refractivity contribution in [2.45, 2.75) is 32.4 Å². The molecule has 3 rings (SSSR count). The van der Waals surface area contributed by atoms with Gasteiger partial charge < -0.3 is 9.67 Å². The molecule has 1 aromatic heterocycles. The summed E-state index contributed by atoms with van der Waals surface area (Å²) < 4.78 is 1.89. The predicted molar refractivity (Wildman–Crippen MR) is 71.0 cm³/mol. The van der Waals surface area contributed by atoms with Crippen LogP contribution in [0.15, 0.2) is 18.2 Å². The smallest absolute Gasteiger partial charge is 0.270 e. The number of aryl methyl sites for hydroxylation is 1. The van der Waals surface area contributed by atoms with Crippen molar-refractivity contribution >= 4 is 5.69 Å². The highest BCUT2D eigenvalue weighted by Crippen LogP contribution is 2.39. The number of aromatic nitrogens is 3. The summed E-state index contributed by atoms with van der Waals surface area (Å²) in [5.41, 5.74) is 1.62. The van der Waals surface area contributed by atoms with Crippen LogP contribution in [0.4, 0.5) is 5.69 Å². The van der Waals surface area contributed by atoms with Gasteiger partial charge in [0.2, 0.25) is 0 Å². The summed E-state index contributed by atoms with van der Waals surface area (Å²) in [6.07, 6.45) is 2.04. The summed E-state index contributed by atoms with van der Waals surface area (Å²) in [5.74, 6) is 1.10. The molecule has 1 N–H and O–H groups in total. The molecule has 1 fully saturated rings. The second kappa shape index (κ2) is 4.68. The third-order valence-corrected chi connectivity index (χ3v) is 3.49. The van der Waals surface area contributed by atoms with E-state index in [9.17, 15) is 15.2 Å². The Morgan fingerprint density at radius 1 is 1.45 bits per heavy atom. The minimum absolute atomic E-state index is 0.0292. The van der Waals surface area contributed by atoms with Crippen molar-refractivity contribution < 1.29 is 10.0 Å². The van der Waals surface area contributed by atoms with Crippen LogP contribution >= 0.6 is 0 Å². The van der Waals surface area contributed by atoms with Gasteiger partial charge in [0, 0.05) is 23.7 Å². The Bertz CT molecular complexity index is 676. The van der Waals surface area contributed by atoms with Crippen LogP contribution in [0.2, 0.25) is 0 Å². The number of nitro groups is 1. The van der Waals surface area contributed by atoms with Gasteiger partial charge >= 0.3 is 0 Å². The lowest BCUT2D eigenvalue weighted by molar-refractivity contribution is -0.384. The SMILES string of the molecule is Cc1ccc([N+](=O)[O-])cc1-c1nnc(CO)n1C1CC1. The fourth-order valence-electron chi connectivity index (χ4n) is 2.30. The molecule has 7 heteroatoms. The summed E-state index contributed by atoms with van der Waals surface area (Å²) in [7, 11) is 0. The minimum Gasteiger partial charge on any atom is -0.388 e. The van der Waals surface area contributed by atoms with Gasteiger partial charge in [0.05, 0.1) is 4.92 Å². The molecule has 104 valence electrons. The lowest BCUT2D eigenvalue weighted by atomic mass is 10.1. The highest BCUT2D eigenvalue weighted by atomic mass is 16.6. The van der Waals surface area contributed by atoms with Gasteiger partial charge in [0.1, 0.15) is 6.61 Å². The van der Waals surface area contributed by atoms with E-state index < -0.39 is 4.92 Å². The van der Waals surface area contributed by atoms with Crippen LogP contribution in [0.5, 0.6) is 0 Å². The molecule has 0 radical (unpaired) electrons. The number of benzene rings is 1. The van der Waals surface area contributed by atoms with Crippen molar-refractivity contribution in [1.82, 2.24) is 14.8 Å². The van der Waals surface area contributed by atoms with E-state index in [2.05, 4.69) is 10.2 Å². The number of nitro benzene ring substituents is 1. The highest BCUT2D eigenvalue weighted by molar-refractivity contribution is 5.64. The maximum atomic E-state index is 10.9. The number of hydrogen-bond donors (Lipinski definition) is 1. The maximum absolute atomic E-state index is 10.9. The molecule has 0 amide bonds. The molecule has 1 aromatic carbocycles. The van der Waals surface area contributed by atoms with Crippen molar-refractivity contribution in [1.29, 1.82) is 0 Å². The van der Waals surface area contributed by atoms with Crippen LogP contribution in [0, 0.1) is 17.0 Å². The normalized spacial score (nSPS) is 14.5. The van der Waals surface area contributed by atoms with Gasteiger partial charge in [0.15, 0.2) is 11.6 Å². The summed E-state index contributed by atoms with van der Waals surface area (Å²) in [6, 6.07) is 4.99. The average molecular weight is 274 g/mol. The van der Waals surface area contributed by atoms with Gasteiger partial charge in [-0.15, -0.1) is 10.2 Å².